The first kappa shape index (κ1) is 31.4. The lowest BCUT2D eigenvalue weighted by Crippen LogP contribution is -2.38. The van der Waals surface area contributed by atoms with E-state index in [0.29, 0.717) is 27.4 Å². The van der Waals surface area contributed by atoms with Crippen LogP contribution >= 0.6 is 35.6 Å². The second kappa shape index (κ2) is 12.9. The molecule has 0 spiro atoms. The van der Waals surface area contributed by atoms with E-state index in [2.05, 4.69) is 30.7 Å². The van der Waals surface area contributed by atoms with Gasteiger partial charge in [0.15, 0.2) is 11.0 Å². The van der Waals surface area contributed by atoms with E-state index < -0.39 is 6.36 Å². The topological polar surface area (TPSA) is 96.7 Å². The van der Waals surface area contributed by atoms with Crippen molar-refractivity contribution in [2.75, 3.05) is 10.7 Å². The summed E-state index contributed by atoms with van der Waals surface area (Å²) in [6.45, 7) is 5.80. The highest BCUT2D eigenvalue weighted by atomic mass is 35.5. The number of thiocarbonyl (C=S) groups is 1. The second-order valence-corrected chi connectivity index (χ2v) is 11.5. The highest BCUT2D eigenvalue weighted by Crippen LogP contribution is 2.36. The summed E-state index contributed by atoms with van der Waals surface area (Å²) < 4.78 is 42.6. The number of halogens is 4. The second-order valence-electron chi connectivity index (χ2n) is 9.72. The van der Waals surface area contributed by atoms with Crippen molar-refractivity contribution in [3.05, 3.63) is 88.7 Å². The van der Waals surface area contributed by atoms with Gasteiger partial charge >= 0.3 is 6.36 Å². The average Bonchev–Trinajstić information content (AvgIpc) is 3.61. The fraction of sp³-hybridized carbons (Fsp3) is 0.207. The summed E-state index contributed by atoms with van der Waals surface area (Å²) in [7, 11) is 0. The molecule has 1 aliphatic heterocycles. The molecule has 0 bridgehead atoms. The zero-order valence-electron chi connectivity index (χ0n) is 23.5. The van der Waals surface area contributed by atoms with Crippen LogP contribution in [0.1, 0.15) is 29.7 Å². The van der Waals surface area contributed by atoms with Crippen molar-refractivity contribution in [2.24, 2.45) is 4.99 Å². The number of amides is 1. The molecule has 1 aliphatic rings. The van der Waals surface area contributed by atoms with Crippen molar-refractivity contribution < 1.29 is 22.7 Å². The Balaban J connectivity index is 1.20. The molecule has 1 saturated heterocycles. The van der Waals surface area contributed by atoms with Gasteiger partial charge in [0.25, 0.3) is 0 Å². The van der Waals surface area contributed by atoms with Crippen LogP contribution in [0.5, 0.6) is 5.75 Å². The van der Waals surface area contributed by atoms with Gasteiger partial charge in [-0.2, -0.15) is 4.99 Å². The van der Waals surface area contributed by atoms with E-state index in [-0.39, 0.29) is 28.6 Å². The summed E-state index contributed by atoms with van der Waals surface area (Å²) >= 11 is 13.2. The molecule has 1 aromatic heterocycles. The van der Waals surface area contributed by atoms with Gasteiger partial charge < -0.3 is 4.74 Å². The van der Waals surface area contributed by atoms with Crippen LogP contribution < -0.4 is 20.5 Å². The number of nitrogens with one attached hydrogen (secondary N) is 2. The lowest BCUT2D eigenvalue weighted by Gasteiger charge is -2.21. The maximum atomic E-state index is 12.7. The Morgan fingerprint density at radius 2 is 1.82 bits per heavy atom. The Morgan fingerprint density at radius 3 is 2.50 bits per heavy atom. The van der Waals surface area contributed by atoms with Crippen LogP contribution in [-0.4, -0.2) is 43.1 Å². The van der Waals surface area contributed by atoms with Crippen molar-refractivity contribution in [3.8, 4) is 22.8 Å². The molecule has 0 aliphatic carbocycles. The van der Waals surface area contributed by atoms with Gasteiger partial charge in [0.1, 0.15) is 12.1 Å². The number of aromatic nitrogens is 3. The van der Waals surface area contributed by atoms with E-state index in [4.69, 9.17) is 23.8 Å². The number of nitrogens with zero attached hydrogens (tertiary/aromatic N) is 5. The summed E-state index contributed by atoms with van der Waals surface area (Å²) in [6, 6.07) is 16.4. The maximum Gasteiger partial charge on any atom is 0.573 e. The van der Waals surface area contributed by atoms with E-state index in [1.54, 1.807) is 6.07 Å². The van der Waals surface area contributed by atoms with Crippen LogP contribution in [-0.2, 0) is 4.79 Å². The number of hydrogen-bond donors (Lipinski definition) is 2. The van der Waals surface area contributed by atoms with Crippen LogP contribution in [0.3, 0.4) is 0 Å². The van der Waals surface area contributed by atoms with Crippen molar-refractivity contribution >= 4 is 57.5 Å². The largest absolute Gasteiger partial charge is 0.573 e. The Hall–Kier alpha value is -3.98. The third-order valence-electron chi connectivity index (χ3n) is 6.73. The van der Waals surface area contributed by atoms with Crippen LogP contribution in [0.2, 0.25) is 5.02 Å². The number of aliphatic imine (C=N–C) groups is 1. The molecule has 1 fully saturated rings. The first-order valence-corrected chi connectivity index (χ1v) is 14.9. The highest BCUT2D eigenvalue weighted by Gasteiger charge is 2.33. The van der Waals surface area contributed by atoms with Crippen LogP contribution in [0, 0.1) is 13.8 Å². The van der Waals surface area contributed by atoms with E-state index in [9.17, 15) is 18.0 Å². The number of ether oxygens (including phenoxy) is 1. The van der Waals surface area contributed by atoms with E-state index in [1.165, 1.54) is 51.9 Å². The SMILES string of the molecule is Cc1ccc(Cl)c(N2C(=O)CSC2=NC(=S)NNC(C)c2ccc(-c3ncn(-c4ccc(OC(F)(F)F)cc4)n3)cc2)c1C. The summed E-state index contributed by atoms with van der Waals surface area (Å²) in [5.41, 5.74) is 10.8. The molecule has 0 saturated carbocycles. The number of carbonyl (C=O) groups is 1. The smallest absolute Gasteiger partial charge is 0.406 e. The molecule has 1 unspecified atom stereocenters. The molecule has 4 aromatic rings. The van der Waals surface area contributed by atoms with Gasteiger partial charge in [-0.05, 0) is 80.0 Å². The molecule has 3 aromatic carbocycles. The number of alkyl halides is 3. The first-order chi connectivity index (χ1) is 20.9. The number of aryl methyl sites for hydroxylation is 1. The molecule has 1 amide bonds. The van der Waals surface area contributed by atoms with Crippen molar-refractivity contribution in [3.63, 3.8) is 0 Å². The Labute approximate surface area is 265 Å². The Bertz CT molecular complexity index is 1730. The van der Waals surface area contributed by atoms with E-state index >= 15 is 0 Å². The highest BCUT2D eigenvalue weighted by molar-refractivity contribution is 8.15. The summed E-state index contributed by atoms with van der Waals surface area (Å²) in [4.78, 5) is 23.0. The molecule has 44 heavy (non-hydrogen) atoms. The van der Waals surface area contributed by atoms with Crippen LogP contribution in [0.25, 0.3) is 17.1 Å². The number of benzene rings is 3. The molecule has 5 rings (SSSR count). The number of anilines is 1. The zero-order valence-corrected chi connectivity index (χ0v) is 25.9. The molecular formula is C29H25ClF3N7O2S2. The van der Waals surface area contributed by atoms with Gasteiger partial charge in [0.2, 0.25) is 11.0 Å². The van der Waals surface area contributed by atoms with Crippen molar-refractivity contribution in [2.45, 2.75) is 33.2 Å². The Kier molecular flexibility index (Phi) is 9.25. The fourth-order valence-electron chi connectivity index (χ4n) is 4.32. The van der Waals surface area contributed by atoms with Crippen molar-refractivity contribution in [1.29, 1.82) is 0 Å². The molecule has 0 radical (unpaired) electrons. The molecule has 1 atom stereocenters. The van der Waals surface area contributed by atoms with Gasteiger partial charge in [-0.25, -0.2) is 15.1 Å². The number of thioether (sulfide) groups is 1. The molecule has 9 nitrogen and oxygen atoms in total. The van der Waals surface area contributed by atoms with Gasteiger partial charge in [0.05, 0.1) is 22.2 Å². The lowest BCUT2D eigenvalue weighted by atomic mass is 10.1. The minimum absolute atomic E-state index is 0.124. The van der Waals surface area contributed by atoms with E-state index in [0.717, 1.165) is 22.3 Å². The zero-order chi connectivity index (χ0) is 31.6. The van der Waals surface area contributed by atoms with Gasteiger partial charge in [-0.3, -0.25) is 15.1 Å². The fourth-order valence-corrected chi connectivity index (χ4v) is 5.67. The summed E-state index contributed by atoms with van der Waals surface area (Å²) in [6.07, 6.45) is -3.28. The lowest BCUT2D eigenvalue weighted by molar-refractivity contribution is -0.274. The number of hydrazine groups is 1. The summed E-state index contributed by atoms with van der Waals surface area (Å²) in [5, 5.41) is 5.49. The van der Waals surface area contributed by atoms with Crippen LogP contribution in [0.15, 0.2) is 72.0 Å². The molecule has 15 heteroatoms. The quantitative estimate of drug-likeness (QED) is 0.168. The van der Waals surface area contributed by atoms with Gasteiger partial charge in [-0.15, -0.1) is 18.3 Å². The van der Waals surface area contributed by atoms with E-state index in [1.807, 2.05) is 51.1 Å². The average molecular weight is 660 g/mol. The number of amidine groups is 1. The third kappa shape index (κ3) is 7.21. The monoisotopic (exact) mass is 659 g/mol. The third-order valence-corrected chi connectivity index (χ3v) is 8.15. The number of rotatable bonds is 7. The minimum Gasteiger partial charge on any atom is -0.406 e. The number of carbonyl (C=O) groups excluding carboxylic acids is 1. The van der Waals surface area contributed by atoms with Crippen molar-refractivity contribution in [1.82, 2.24) is 25.6 Å². The standard InChI is InChI=1S/C29H25ClF3N7O2S2/c1-16-4-13-23(30)25(17(16)2)40-24(41)14-44-28(40)35-27(43)37-36-18(3)19-5-7-20(8-6-19)26-34-15-39(38-26)21-9-11-22(12-10-21)42-29(31,32)33/h4-13,15,18,36H,14H2,1-3H3,(H,37,43). The van der Waals surface area contributed by atoms with Gasteiger partial charge in [-0.1, -0.05) is 53.7 Å². The first-order valence-electron chi connectivity index (χ1n) is 13.1. The van der Waals surface area contributed by atoms with Crippen LogP contribution in [0.4, 0.5) is 18.9 Å². The molecule has 228 valence electrons. The Morgan fingerprint density at radius 1 is 1.11 bits per heavy atom. The number of hydrogen-bond acceptors (Lipinski definition) is 7. The molecule has 2 heterocycles. The summed E-state index contributed by atoms with van der Waals surface area (Å²) in [5.74, 6) is 0.234. The minimum atomic E-state index is -4.76. The molecular weight excluding hydrogens is 635 g/mol. The predicted octanol–water partition coefficient (Wildman–Crippen LogP) is 6.68. The maximum absolute atomic E-state index is 12.7. The molecule has 2 N–H and O–H groups in total. The normalized spacial score (nSPS) is 15.1. The van der Waals surface area contributed by atoms with Gasteiger partial charge in [0, 0.05) is 11.6 Å². The predicted molar refractivity (Wildman–Crippen MR) is 169 cm³/mol.